The third-order valence-corrected chi connectivity index (χ3v) is 6.77. The highest BCUT2D eigenvalue weighted by Crippen LogP contribution is 2.45. The van der Waals surface area contributed by atoms with E-state index in [0.29, 0.717) is 44.2 Å². The first-order chi connectivity index (χ1) is 16.4. The molecule has 0 bridgehead atoms. The Kier molecular flexibility index (Phi) is 7.09. The fraction of sp³-hybridized carbons (Fsp3) is 0.333. The van der Waals surface area contributed by atoms with Gasteiger partial charge in [-0.25, -0.2) is 4.98 Å². The highest BCUT2D eigenvalue weighted by atomic mass is 35.5. The van der Waals surface area contributed by atoms with E-state index in [1.807, 2.05) is 38.1 Å². The molecule has 0 radical (unpaired) electrons. The second kappa shape index (κ2) is 9.62. The first kappa shape index (κ1) is 25.8. The molecule has 5 nitrogen and oxygen atoms in total. The smallest absolute Gasteiger partial charge is 0.228 e. The molecule has 2 N–H and O–H groups in total. The number of hydrogen-bond donors (Lipinski definition) is 2. The minimum absolute atomic E-state index is 0.180. The summed E-state index contributed by atoms with van der Waals surface area (Å²) in [6.07, 6.45) is 0.454. The summed E-state index contributed by atoms with van der Waals surface area (Å²) in [5.74, 6) is -0.336. The largest absolute Gasteiger partial charge is 0.471 e. The molecule has 1 aliphatic heterocycles. The second-order valence-corrected chi connectivity index (χ2v) is 11.3. The number of pyridine rings is 1. The molecule has 0 aliphatic carbocycles. The normalized spacial score (nSPS) is 16.9. The number of carbonyl (C=O) groups excluding carboxylic acids is 1. The average Bonchev–Trinajstić information content (AvgIpc) is 2.77. The van der Waals surface area contributed by atoms with Gasteiger partial charge in [0, 0.05) is 33.2 Å². The van der Waals surface area contributed by atoms with Gasteiger partial charge in [-0.2, -0.15) is 0 Å². The van der Waals surface area contributed by atoms with Crippen LogP contribution in [-0.4, -0.2) is 33.7 Å². The van der Waals surface area contributed by atoms with Crippen LogP contribution >= 0.6 is 34.8 Å². The number of benzene rings is 2. The van der Waals surface area contributed by atoms with Crippen molar-refractivity contribution in [1.29, 1.82) is 0 Å². The Morgan fingerprint density at radius 2 is 1.74 bits per heavy atom. The van der Waals surface area contributed by atoms with Gasteiger partial charge < -0.3 is 15.2 Å². The Morgan fingerprint density at radius 1 is 1.09 bits per heavy atom. The van der Waals surface area contributed by atoms with E-state index in [9.17, 15) is 9.90 Å². The molecule has 1 aromatic heterocycles. The van der Waals surface area contributed by atoms with E-state index < -0.39 is 17.1 Å². The maximum absolute atomic E-state index is 13.4. The van der Waals surface area contributed by atoms with Crippen molar-refractivity contribution >= 4 is 40.7 Å². The van der Waals surface area contributed by atoms with Crippen LogP contribution in [0.2, 0.25) is 15.1 Å². The van der Waals surface area contributed by atoms with E-state index >= 15 is 0 Å². The van der Waals surface area contributed by atoms with Gasteiger partial charge in [-0.1, -0.05) is 46.9 Å². The number of rotatable bonds is 5. The number of nitrogens with zero attached hydrogens (tertiary/aromatic N) is 1. The first-order valence-electron chi connectivity index (χ1n) is 11.3. The molecule has 2 aromatic carbocycles. The number of halogens is 3. The van der Waals surface area contributed by atoms with Gasteiger partial charge in [0.1, 0.15) is 5.60 Å². The zero-order valence-corrected chi connectivity index (χ0v) is 22.2. The van der Waals surface area contributed by atoms with Gasteiger partial charge in [-0.3, -0.25) is 4.79 Å². The van der Waals surface area contributed by atoms with Crippen molar-refractivity contribution in [2.45, 2.75) is 51.2 Å². The summed E-state index contributed by atoms with van der Waals surface area (Å²) in [6.45, 7) is 7.23. The molecular weight excluding hydrogens is 507 g/mol. The predicted molar refractivity (Wildman–Crippen MR) is 142 cm³/mol. The lowest BCUT2D eigenvalue weighted by Crippen LogP contribution is -2.50. The van der Waals surface area contributed by atoms with Crippen molar-refractivity contribution in [2.24, 2.45) is 0 Å². The maximum Gasteiger partial charge on any atom is 0.228 e. The number of hydrogen-bond acceptors (Lipinski definition) is 4. The standard InChI is InChI=1S/C27H27Cl3N2O3/c1-26(2,14-33)32-24(34)21-13-27(3,4)35-25-20(21)12-19(15-5-7-16(28)8-6-15)23(31-25)18-10-9-17(29)11-22(18)30/h5-12,21,33H,13-14H2,1-4H3,(H,32,34). The molecule has 35 heavy (non-hydrogen) atoms. The third kappa shape index (κ3) is 5.59. The molecule has 0 fully saturated rings. The number of amides is 1. The van der Waals surface area contributed by atoms with Crippen LogP contribution in [-0.2, 0) is 4.79 Å². The van der Waals surface area contributed by atoms with Crippen molar-refractivity contribution in [3.05, 3.63) is 69.2 Å². The number of carbonyl (C=O) groups is 1. The minimum atomic E-state index is -0.761. The first-order valence-corrected chi connectivity index (χ1v) is 12.4. The van der Waals surface area contributed by atoms with Crippen molar-refractivity contribution in [2.75, 3.05) is 6.61 Å². The van der Waals surface area contributed by atoms with Crippen LogP contribution in [0.4, 0.5) is 0 Å². The van der Waals surface area contributed by atoms with Crippen LogP contribution in [0.3, 0.4) is 0 Å². The summed E-state index contributed by atoms with van der Waals surface area (Å²) in [5.41, 5.74) is 2.24. The van der Waals surface area contributed by atoms with E-state index in [2.05, 4.69) is 5.32 Å². The Morgan fingerprint density at radius 3 is 2.37 bits per heavy atom. The summed E-state index contributed by atoms with van der Waals surface area (Å²) in [7, 11) is 0. The highest BCUT2D eigenvalue weighted by molar-refractivity contribution is 6.36. The van der Waals surface area contributed by atoms with Crippen LogP contribution in [0.1, 0.15) is 45.6 Å². The van der Waals surface area contributed by atoms with Gasteiger partial charge in [-0.05, 0) is 69.7 Å². The molecule has 1 aliphatic rings. The summed E-state index contributed by atoms with van der Waals surface area (Å²) >= 11 is 18.9. The van der Waals surface area contributed by atoms with Gasteiger partial charge in [0.25, 0.3) is 0 Å². The van der Waals surface area contributed by atoms with Crippen LogP contribution < -0.4 is 10.1 Å². The minimum Gasteiger partial charge on any atom is -0.471 e. The Balaban J connectivity index is 1.93. The molecule has 3 aromatic rings. The Hall–Kier alpha value is -2.31. The van der Waals surface area contributed by atoms with Crippen molar-refractivity contribution < 1.29 is 14.6 Å². The van der Waals surface area contributed by atoms with E-state index in [4.69, 9.17) is 44.5 Å². The summed E-state index contributed by atoms with van der Waals surface area (Å²) in [5, 5.41) is 14.2. The van der Waals surface area contributed by atoms with Gasteiger partial charge in [0.05, 0.1) is 28.8 Å². The number of aromatic nitrogens is 1. The predicted octanol–water partition coefficient (Wildman–Crippen LogP) is 6.91. The lowest BCUT2D eigenvalue weighted by Gasteiger charge is -2.38. The van der Waals surface area contributed by atoms with Crippen LogP contribution in [0, 0.1) is 0 Å². The number of aliphatic hydroxyl groups excluding tert-OH is 1. The maximum atomic E-state index is 13.4. The number of nitrogens with one attached hydrogen (secondary N) is 1. The van der Waals surface area contributed by atoms with Crippen molar-refractivity contribution in [3.8, 4) is 28.3 Å². The third-order valence-electron chi connectivity index (χ3n) is 5.97. The zero-order chi connectivity index (χ0) is 25.5. The van der Waals surface area contributed by atoms with E-state index in [1.165, 1.54) is 0 Å². The Labute approximate surface area is 220 Å². The van der Waals surface area contributed by atoms with Gasteiger partial charge in [-0.15, -0.1) is 0 Å². The molecule has 184 valence electrons. The average molecular weight is 534 g/mol. The summed E-state index contributed by atoms with van der Waals surface area (Å²) in [4.78, 5) is 18.3. The fourth-order valence-electron chi connectivity index (χ4n) is 4.18. The van der Waals surface area contributed by atoms with Gasteiger partial charge >= 0.3 is 0 Å². The SMILES string of the molecule is CC(C)(CO)NC(=O)C1CC(C)(C)Oc2nc(-c3ccc(Cl)cc3Cl)c(-c3ccc(Cl)cc3)cc21. The topological polar surface area (TPSA) is 71.5 Å². The second-order valence-electron chi connectivity index (χ2n) is 10.1. The molecule has 2 heterocycles. The van der Waals surface area contributed by atoms with Crippen LogP contribution in [0.15, 0.2) is 48.5 Å². The number of fused-ring (bicyclic) bond motifs is 1. The summed E-state index contributed by atoms with van der Waals surface area (Å²) in [6, 6.07) is 14.6. The molecule has 1 atom stereocenters. The molecule has 0 saturated heterocycles. The molecule has 1 amide bonds. The van der Waals surface area contributed by atoms with Gasteiger partial charge in [0.2, 0.25) is 11.8 Å². The van der Waals surface area contributed by atoms with Crippen LogP contribution in [0.5, 0.6) is 5.88 Å². The highest BCUT2D eigenvalue weighted by Gasteiger charge is 2.40. The van der Waals surface area contributed by atoms with E-state index in [-0.39, 0.29) is 12.5 Å². The molecule has 0 saturated carbocycles. The van der Waals surface area contributed by atoms with Crippen molar-refractivity contribution in [3.63, 3.8) is 0 Å². The monoisotopic (exact) mass is 532 g/mol. The summed E-state index contributed by atoms with van der Waals surface area (Å²) < 4.78 is 6.26. The zero-order valence-electron chi connectivity index (χ0n) is 20.0. The quantitative estimate of drug-likeness (QED) is 0.374. The molecule has 8 heteroatoms. The van der Waals surface area contributed by atoms with Crippen LogP contribution in [0.25, 0.3) is 22.4 Å². The van der Waals surface area contributed by atoms with E-state index in [0.717, 1.165) is 11.1 Å². The molecular formula is C27H27Cl3N2O3. The van der Waals surface area contributed by atoms with Crippen molar-refractivity contribution in [1.82, 2.24) is 10.3 Å². The molecule has 4 rings (SSSR count). The lowest BCUT2D eigenvalue weighted by molar-refractivity contribution is -0.126. The number of ether oxygens (including phenoxy) is 1. The van der Waals surface area contributed by atoms with E-state index in [1.54, 1.807) is 38.1 Å². The molecule has 0 spiro atoms. The lowest BCUT2D eigenvalue weighted by atomic mass is 9.83. The fourth-order valence-corrected chi connectivity index (χ4v) is 4.80. The molecule has 1 unspecified atom stereocenters. The number of aliphatic hydroxyl groups is 1. The Bertz CT molecular complexity index is 1270. The van der Waals surface area contributed by atoms with Gasteiger partial charge in [0.15, 0.2) is 0 Å².